The van der Waals surface area contributed by atoms with E-state index in [0.29, 0.717) is 6.61 Å². The maximum atomic E-state index is 5.78. The molecule has 1 aromatic carbocycles. The molecular weight excluding hydrogens is 226 g/mol. The molecule has 0 spiro atoms. The van der Waals surface area contributed by atoms with Crippen molar-refractivity contribution in [1.29, 1.82) is 0 Å². The molecule has 1 N–H and O–H groups in total. The fourth-order valence-electron chi connectivity index (χ4n) is 1.67. The summed E-state index contributed by atoms with van der Waals surface area (Å²) in [5.41, 5.74) is 2.38. The van der Waals surface area contributed by atoms with Gasteiger partial charge in [-0.3, -0.25) is 0 Å². The Bertz CT molecular complexity index is 352. The molecule has 0 amide bonds. The molecule has 1 unspecified atom stereocenters. The number of hydrogen-bond acceptors (Lipinski definition) is 3. The summed E-state index contributed by atoms with van der Waals surface area (Å²) in [7, 11) is 1.70. The summed E-state index contributed by atoms with van der Waals surface area (Å²) in [6, 6.07) is 6.26. The third kappa shape index (κ3) is 4.67. The van der Waals surface area contributed by atoms with E-state index in [9.17, 15) is 0 Å². The zero-order valence-electron chi connectivity index (χ0n) is 12.0. The number of ether oxygens (including phenoxy) is 2. The van der Waals surface area contributed by atoms with Crippen LogP contribution in [-0.4, -0.2) is 19.8 Å². The number of methoxy groups -OCH3 is 1. The van der Waals surface area contributed by atoms with Gasteiger partial charge in [0, 0.05) is 12.1 Å². The molecule has 1 aromatic rings. The Morgan fingerprint density at radius 1 is 1.28 bits per heavy atom. The summed E-state index contributed by atoms with van der Waals surface area (Å²) in [4.78, 5) is 0. The van der Waals surface area contributed by atoms with Crippen LogP contribution in [0.15, 0.2) is 18.2 Å². The Morgan fingerprint density at radius 3 is 2.67 bits per heavy atom. The molecule has 3 nitrogen and oxygen atoms in total. The van der Waals surface area contributed by atoms with Crippen LogP contribution in [0.2, 0.25) is 0 Å². The van der Waals surface area contributed by atoms with E-state index in [2.05, 4.69) is 38.2 Å². The highest BCUT2D eigenvalue weighted by Gasteiger charge is 2.06. The van der Waals surface area contributed by atoms with Crippen LogP contribution >= 0.6 is 0 Å². The third-order valence-electron chi connectivity index (χ3n) is 3.02. The smallest absolute Gasteiger partial charge is 0.124 e. The first kappa shape index (κ1) is 15.0. The van der Waals surface area contributed by atoms with E-state index >= 15 is 0 Å². The van der Waals surface area contributed by atoms with Gasteiger partial charge < -0.3 is 14.8 Å². The monoisotopic (exact) mass is 251 g/mol. The third-order valence-corrected chi connectivity index (χ3v) is 3.02. The maximum Gasteiger partial charge on any atom is 0.124 e. The van der Waals surface area contributed by atoms with Gasteiger partial charge >= 0.3 is 0 Å². The normalized spacial score (nSPS) is 12.4. The summed E-state index contributed by atoms with van der Waals surface area (Å²) in [6.07, 6.45) is 1.31. The van der Waals surface area contributed by atoms with Gasteiger partial charge in [-0.1, -0.05) is 19.9 Å². The van der Waals surface area contributed by atoms with Gasteiger partial charge in [0.15, 0.2) is 0 Å². The molecule has 0 saturated heterocycles. The van der Waals surface area contributed by atoms with Crippen molar-refractivity contribution in [3.8, 4) is 5.75 Å². The van der Waals surface area contributed by atoms with Crippen molar-refractivity contribution in [2.24, 2.45) is 0 Å². The van der Waals surface area contributed by atoms with Crippen molar-refractivity contribution in [1.82, 2.24) is 5.32 Å². The van der Waals surface area contributed by atoms with Crippen molar-refractivity contribution in [2.75, 3.05) is 13.7 Å². The zero-order chi connectivity index (χ0) is 13.4. The van der Waals surface area contributed by atoms with Gasteiger partial charge in [0.05, 0.1) is 19.8 Å². The van der Waals surface area contributed by atoms with E-state index in [1.807, 2.05) is 6.07 Å². The van der Waals surface area contributed by atoms with Crippen molar-refractivity contribution in [3.63, 3.8) is 0 Å². The summed E-state index contributed by atoms with van der Waals surface area (Å²) in [6.45, 7) is 8.80. The largest absolute Gasteiger partial charge is 0.496 e. The standard InChI is InChI=1S/C15H25NO2/c1-5-12(3)18-11-14-9-13(10-16-6-2)7-8-15(14)17-4/h7-9,12,16H,5-6,10-11H2,1-4H3. The van der Waals surface area contributed by atoms with Gasteiger partial charge in [0.2, 0.25) is 0 Å². The summed E-state index contributed by atoms with van der Waals surface area (Å²) >= 11 is 0. The number of nitrogens with one attached hydrogen (secondary N) is 1. The van der Waals surface area contributed by atoms with Crippen LogP contribution in [0.1, 0.15) is 38.3 Å². The second-order valence-electron chi connectivity index (χ2n) is 4.46. The predicted octanol–water partition coefficient (Wildman–Crippen LogP) is 3.12. The van der Waals surface area contributed by atoms with Crippen LogP contribution in [-0.2, 0) is 17.9 Å². The van der Waals surface area contributed by atoms with Gasteiger partial charge in [-0.05, 0) is 37.6 Å². The van der Waals surface area contributed by atoms with Crippen molar-refractivity contribution < 1.29 is 9.47 Å². The minimum Gasteiger partial charge on any atom is -0.496 e. The van der Waals surface area contributed by atoms with Gasteiger partial charge in [-0.15, -0.1) is 0 Å². The van der Waals surface area contributed by atoms with Crippen molar-refractivity contribution in [2.45, 2.75) is 46.4 Å². The fraction of sp³-hybridized carbons (Fsp3) is 0.600. The van der Waals surface area contributed by atoms with E-state index in [1.54, 1.807) is 7.11 Å². The topological polar surface area (TPSA) is 30.5 Å². The van der Waals surface area contributed by atoms with E-state index < -0.39 is 0 Å². The fourth-order valence-corrected chi connectivity index (χ4v) is 1.67. The lowest BCUT2D eigenvalue weighted by Gasteiger charge is -2.14. The molecule has 0 aliphatic heterocycles. The van der Waals surface area contributed by atoms with Crippen molar-refractivity contribution in [3.05, 3.63) is 29.3 Å². The van der Waals surface area contributed by atoms with Crippen LogP contribution in [0.4, 0.5) is 0 Å². The first-order chi connectivity index (χ1) is 8.71. The molecule has 102 valence electrons. The Morgan fingerprint density at radius 2 is 2.06 bits per heavy atom. The predicted molar refractivity (Wildman–Crippen MR) is 74.9 cm³/mol. The molecule has 0 heterocycles. The van der Waals surface area contributed by atoms with Gasteiger partial charge in [-0.2, -0.15) is 0 Å². The number of rotatable bonds is 8. The van der Waals surface area contributed by atoms with Crippen LogP contribution in [0, 0.1) is 0 Å². The number of hydrogen-bond donors (Lipinski definition) is 1. The molecule has 0 bridgehead atoms. The van der Waals surface area contributed by atoms with E-state index in [-0.39, 0.29) is 6.10 Å². The molecule has 0 radical (unpaired) electrons. The Labute approximate surface area is 110 Å². The Hall–Kier alpha value is -1.06. The second kappa shape index (κ2) is 8.11. The van der Waals surface area contributed by atoms with Crippen LogP contribution in [0.25, 0.3) is 0 Å². The molecule has 0 aliphatic carbocycles. The average molecular weight is 251 g/mol. The highest BCUT2D eigenvalue weighted by Crippen LogP contribution is 2.21. The maximum absolute atomic E-state index is 5.78. The molecule has 1 rings (SSSR count). The lowest BCUT2D eigenvalue weighted by atomic mass is 10.1. The molecule has 0 aromatic heterocycles. The van der Waals surface area contributed by atoms with Gasteiger partial charge in [0.1, 0.15) is 5.75 Å². The summed E-state index contributed by atoms with van der Waals surface area (Å²) in [5, 5.41) is 3.32. The van der Waals surface area contributed by atoms with E-state index in [1.165, 1.54) is 5.56 Å². The molecule has 0 fully saturated rings. The Balaban J connectivity index is 2.71. The summed E-state index contributed by atoms with van der Waals surface area (Å²) in [5.74, 6) is 0.901. The quantitative estimate of drug-likeness (QED) is 0.770. The zero-order valence-corrected chi connectivity index (χ0v) is 12.0. The number of benzene rings is 1. The Kier molecular flexibility index (Phi) is 6.76. The first-order valence-electron chi connectivity index (χ1n) is 6.69. The van der Waals surface area contributed by atoms with Crippen LogP contribution in [0.5, 0.6) is 5.75 Å². The van der Waals surface area contributed by atoms with Gasteiger partial charge in [-0.25, -0.2) is 0 Å². The first-order valence-corrected chi connectivity index (χ1v) is 6.69. The second-order valence-corrected chi connectivity index (χ2v) is 4.46. The molecule has 3 heteroatoms. The molecule has 0 saturated carbocycles. The highest BCUT2D eigenvalue weighted by molar-refractivity contribution is 5.36. The lowest BCUT2D eigenvalue weighted by molar-refractivity contribution is 0.0497. The average Bonchev–Trinajstić information content (AvgIpc) is 2.42. The van der Waals surface area contributed by atoms with Gasteiger partial charge in [0.25, 0.3) is 0 Å². The minimum atomic E-state index is 0.284. The SMILES string of the molecule is CCNCc1ccc(OC)c(COC(C)CC)c1. The molecule has 1 atom stereocenters. The minimum absolute atomic E-state index is 0.284. The van der Waals surface area contributed by atoms with Crippen LogP contribution < -0.4 is 10.1 Å². The molecule has 0 aliphatic rings. The van der Waals surface area contributed by atoms with E-state index in [4.69, 9.17) is 9.47 Å². The van der Waals surface area contributed by atoms with Crippen LogP contribution in [0.3, 0.4) is 0 Å². The molecular formula is C15H25NO2. The lowest BCUT2D eigenvalue weighted by Crippen LogP contribution is -2.12. The molecule has 18 heavy (non-hydrogen) atoms. The van der Waals surface area contributed by atoms with Crippen molar-refractivity contribution >= 4 is 0 Å². The van der Waals surface area contributed by atoms with E-state index in [0.717, 1.165) is 30.8 Å². The summed E-state index contributed by atoms with van der Waals surface area (Å²) < 4.78 is 11.1. The highest BCUT2D eigenvalue weighted by atomic mass is 16.5.